The summed E-state index contributed by atoms with van der Waals surface area (Å²) in [7, 11) is 0. The Hall–Kier alpha value is -4.06. The van der Waals surface area contributed by atoms with Gasteiger partial charge in [-0.3, -0.25) is 4.98 Å². The molecule has 6 nitrogen and oxygen atoms in total. The zero-order chi connectivity index (χ0) is 19.5. The van der Waals surface area contributed by atoms with Crippen LogP contribution in [0, 0.1) is 0 Å². The monoisotopic (exact) mass is 379 g/mol. The minimum absolute atomic E-state index is 0.587. The first-order valence-electron chi connectivity index (χ1n) is 9.28. The highest BCUT2D eigenvalue weighted by atomic mass is 16.5. The van der Waals surface area contributed by atoms with Crippen LogP contribution in [-0.2, 0) is 6.54 Å². The molecule has 0 aliphatic heterocycles. The smallest absolute Gasteiger partial charge is 0.223 e. The number of nitrogens with zero attached hydrogens (tertiary/aromatic N) is 4. The van der Waals surface area contributed by atoms with Crippen molar-refractivity contribution in [2.75, 3.05) is 5.32 Å². The largest absolute Gasteiger partial charge is 0.355 e. The molecule has 140 valence electrons. The summed E-state index contributed by atoms with van der Waals surface area (Å²) in [6, 6.07) is 21.9. The SMILES string of the molecule is c1ccc(CNc2nccc(-c3ccc4noc(-c5cccnc5)c4c3)n2)cc1. The molecule has 29 heavy (non-hydrogen) atoms. The van der Waals surface area contributed by atoms with Crippen molar-refractivity contribution in [1.82, 2.24) is 20.1 Å². The number of pyridine rings is 1. The van der Waals surface area contributed by atoms with Gasteiger partial charge in [0.25, 0.3) is 0 Å². The third-order valence-electron chi connectivity index (χ3n) is 4.64. The number of nitrogens with one attached hydrogen (secondary N) is 1. The molecule has 2 aromatic carbocycles. The second-order valence-corrected chi connectivity index (χ2v) is 6.59. The van der Waals surface area contributed by atoms with Crippen LogP contribution in [-0.4, -0.2) is 20.1 Å². The van der Waals surface area contributed by atoms with Crippen LogP contribution in [0.15, 0.2) is 89.8 Å². The summed E-state index contributed by atoms with van der Waals surface area (Å²) in [6.07, 6.45) is 5.26. The number of anilines is 1. The lowest BCUT2D eigenvalue weighted by molar-refractivity contribution is 0.441. The molecule has 5 rings (SSSR count). The number of rotatable bonds is 5. The van der Waals surface area contributed by atoms with Crippen molar-refractivity contribution in [3.05, 3.63) is 90.9 Å². The normalized spacial score (nSPS) is 10.9. The predicted octanol–water partition coefficient (Wildman–Crippen LogP) is 4.96. The van der Waals surface area contributed by atoms with Gasteiger partial charge in [-0.05, 0) is 35.9 Å². The van der Waals surface area contributed by atoms with E-state index in [1.807, 2.05) is 54.6 Å². The van der Waals surface area contributed by atoms with Gasteiger partial charge in [-0.15, -0.1) is 0 Å². The van der Waals surface area contributed by atoms with Crippen LogP contribution in [0.4, 0.5) is 5.95 Å². The summed E-state index contributed by atoms with van der Waals surface area (Å²) < 4.78 is 5.57. The van der Waals surface area contributed by atoms with Crippen molar-refractivity contribution >= 4 is 16.9 Å². The van der Waals surface area contributed by atoms with Crippen molar-refractivity contribution in [3.63, 3.8) is 0 Å². The Morgan fingerprint density at radius 1 is 0.862 bits per heavy atom. The molecular formula is C23H17N5O. The molecule has 0 fully saturated rings. The molecule has 0 saturated carbocycles. The Morgan fingerprint density at radius 2 is 1.79 bits per heavy atom. The van der Waals surface area contributed by atoms with Gasteiger partial charge in [0.2, 0.25) is 5.95 Å². The topological polar surface area (TPSA) is 76.7 Å². The summed E-state index contributed by atoms with van der Waals surface area (Å²) in [4.78, 5) is 13.2. The summed E-state index contributed by atoms with van der Waals surface area (Å²) in [5.41, 5.74) is 4.66. The van der Waals surface area contributed by atoms with Gasteiger partial charge in [0.15, 0.2) is 5.76 Å². The molecule has 3 aromatic heterocycles. The van der Waals surface area contributed by atoms with Crippen LogP contribution >= 0.6 is 0 Å². The fraction of sp³-hybridized carbons (Fsp3) is 0.0435. The van der Waals surface area contributed by atoms with Gasteiger partial charge in [-0.2, -0.15) is 0 Å². The molecule has 0 bridgehead atoms. The number of hydrogen-bond acceptors (Lipinski definition) is 6. The summed E-state index contributed by atoms with van der Waals surface area (Å²) in [5.74, 6) is 1.29. The van der Waals surface area contributed by atoms with E-state index in [-0.39, 0.29) is 0 Å². The first-order valence-corrected chi connectivity index (χ1v) is 9.28. The Kier molecular flexibility index (Phi) is 4.42. The zero-order valence-electron chi connectivity index (χ0n) is 15.5. The van der Waals surface area contributed by atoms with Crippen LogP contribution in [0.3, 0.4) is 0 Å². The van der Waals surface area contributed by atoms with Crippen LogP contribution in [0.2, 0.25) is 0 Å². The Morgan fingerprint density at radius 3 is 2.66 bits per heavy atom. The zero-order valence-corrected chi connectivity index (χ0v) is 15.5. The summed E-state index contributed by atoms with van der Waals surface area (Å²) >= 11 is 0. The Labute approximate surface area is 167 Å². The van der Waals surface area contributed by atoms with E-state index in [1.165, 1.54) is 5.56 Å². The van der Waals surface area contributed by atoms with E-state index in [9.17, 15) is 0 Å². The minimum Gasteiger partial charge on any atom is -0.355 e. The Bertz CT molecular complexity index is 1250. The van der Waals surface area contributed by atoms with Crippen molar-refractivity contribution in [1.29, 1.82) is 0 Å². The lowest BCUT2D eigenvalue weighted by Gasteiger charge is -2.07. The van der Waals surface area contributed by atoms with E-state index in [0.29, 0.717) is 18.3 Å². The van der Waals surface area contributed by atoms with Gasteiger partial charge in [0.1, 0.15) is 5.52 Å². The average Bonchev–Trinajstić information content (AvgIpc) is 3.22. The van der Waals surface area contributed by atoms with Crippen molar-refractivity contribution in [3.8, 4) is 22.6 Å². The molecule has 1 N–H and O–H groups in total. The number of aromatic nitrogens is 4. The van der Waals surface area contributed by atoms with Gasteiger partial charge >= 0.3 is 0 Å². The standard InChI is InChI=1S/C23H17N5O/c1-2-5-16(6-3-1)14-26-23-25-12-10-20(27-23)17-8-9-21-19(13-17)22(29-28-21)18-7-4-11-24-15-18/h1-13,15H,14H2,(H,25,26,27). The van der Waals surface area contributed by atoms with Crippen LogP contribution < -0.4 is 5.32 Å². The average molecular weight is 379 g/mol. The quantitative estimate of drug-likeness (QED) is 0.465. The van der Waals surface area contributed by atoms with Crippen LogP contribution in [0.5, 0.6) is 0 Å². The second kappa shape index (κ2) is 7.52. The molecule has 5 aromatic rings. The molecule has 0 amide bonds. The molecule has 0 spiro atoms. The molecular weight excluding hydrogens is 362 g/mol. The minimum atomic E-state index is 0.587. The number of hydrogen-bond donors (Lipinski definition) is 1. The third-order valence-corrected chi connectivity index (χ3v) is 4.64. The van der Waals surface area contributed by atoms with E-state index >= 15 is 0 Å². The van der Waals surface area contributed by atoms with Gasteiger partial charge < -0.3 is 9.84 Å². The van der Waals surface area contributed by atoms with E-state index in [1.54, 1.807) is 18.6 Å². The second-order valence-electron chi connectivity index (χ2n) is 6.59. The van der Waals surface area contributed by atoms with Gasteiger partial charge in [0.05, 0.1) is 11.1 Å². The van der Waals surface area contributed by atoms with E-state index in [2.05, 4.69) is 37.6 Å². The molecule has 6 heteroatoms. The predicted molar refractivity (Wildman–Crippen MR) is 112 cm³/mol. The third kappa shape index (κ3) is 3.55. The van der Waals surface area contributed by atoms with Crippen LogP contribution in [0.1, 0.15) is 5.56 Å². The molecule has 0 atom stereocenters. The lowest BCUT2D eigenvalue weighted by atomic mass is 10.1. The van der Waals surface area contributed by atoms with Crippen molar-refractivity contribution in [2.45, 2.75) is 6.54 Å². The van der Waals surface area contributed by atoms with Gasteiger partial charge in [0, 0.05) is 36.3 Å². The fourth-order valence-electron chi connectivity index (χ4n) is 3.19. The van der Waals surface area contributed by atoms with Crippen molar-refractivity contribution < 1.29 is 4.52 Å². The Balaban J connectivity index is 1.46. The maximum absolute atomic E-state index is 5.57. The molecule has 0 saturated heterocycles. The molecule has 0 unspecified atom stereocenters. The highest BCUT2D eigenvalue weighted by Gasteiger charge is 2.13. The van der Waals surface area contributed by atoms with Crippen molar-refractivity contribution in [2.24, 2.45) is 0 Å². The van der Waals surface area contributed by atoms with Crippen LogP contribution in [0.25, 0.3) is 33.5 Å². The number of benzene rings is 2. The summed E-state index contributed by atoms with van der Waals surface area (Å²) in [5, 5.41) is 8.37. The molecule has 0 aliphatic carbocycles. The molecule has 0 radical (unpaired) electrons. The first-order chi connectivity index (χ1) is 14.4. The highest BCUT2D eigenvalue weighted by molar-refractivity contribution is 5.94. The lowest BCUT2D eigenvalue weighted by Crippen LogP contribution is -2.03. The fourth-order valence-corrected chi connectivity index (χ4v) is 3.19. The maximum atomic E-state index is 5.57. The van der Waals surface area contributed by atoms with E-state index in [4.69, 9.17) is 4.52 Å². The molecule has 0 aliphatic rings. The first kappa shape index (κ1) is 17.1. The highest BCUT2D eigenvalue weighted by Crippen LogP contribution is 2.31. The summed E-state index contributed by atoms with van der Waals surface area (Å²) in [6.45, 7) is 0.667. The number of fused-ring (bicyclic) bond motifs is 1. The molecule has 3 heterocycles. The van der Waals surface area contributed by atoms with E-state index < -0.39 is 0 Å². The van der Waals surface area contributed by atoms with E-state index in [0.717, 1.165) is 27.7 Å². The van der Waals surface area contributed by atoms with Gasteiger partial charge in [-0.1, -0.05) is 41.6 Å². The maximum Gasteiger partial charge on any atom is 0.223 e. The van der Waals surface area contributed by atoms with Gasteiger partial charge in [-0.25, -0.2) is 9.97 Å².